The lowest BCUT2D eigenvalue weighted by molar-refractivity contribution is 0.0504. The van der Waals surface area contributed by atoms with E-state index in [1.54, 1.807) is 48.5 Å². The third kappa shape index (κ3) is 5.50. The van der Waals surface area contributed by atoms with Crippen molar-refractivity contribution in [1.29, 1.82) is 0 Å². The molecule has 0 N–H and O–H groups in total. The zero-order valence-corrected chi connectivity index (χ0v) is 19.1. The minimum absolute atomic E-state index is 0.0261. The standard InChI is InChI=1S/C27H22O8/c1-3-14-32-26(29)17-6-10-20(11-7-17)34-24-16-33-23-15-21(12-13-22(23)25(24)28)35-27(30)18-4-8-19(31-2)9-5-18/h4-13,15-16H,3,14H2,1-2H3. The Balaban J connectivity index is 1.48. The van der Waals surface area contributed by atoms with Gasteiger partial charge in [0.05, 0.1) is 30.2 Å². The summed E-state index contributed by atoms with van der Waals surface area (Å²) in [5.74, 6) is 0.192. The first-order valence-corrected chi connectivity index (χ1v) is 10.9. The van der Waals surface area contributed by atoms with Crippen LogP contribution in [0, 0.1) is 0 Å². The lowest BCUT2D eigenvalue weighted by Crippen LogP contribution is -2.09. The molecule has 8 nitrogen and oxygen atoms in total. The van der Waals surface area contributed by atoms with Gasteiger partial charge in [-0.25, -0.2) is 9.59 Å². The molecule has 0 aliphatic carbocycles. The van der Waals surface area contributed by atoms with Gasteiger partial charge >= 0.3 is 11.9 Å². The third-order valence-electron chi connectivity index (χ3n) is 5.01. The van der Waals surface area contributed by atoms with E-state index in [9.17, 15) is 14.4 Å². The number of fused-ring (bicyclic) bond motifs is 1. The molecule has 0 saturated carbocycles. The van der Waals surface area contributed by atoms with Crippen molar-refractivity contribution in [3.05, 3.63) is 94.3 Å². The van der Waals surface area contributed by atoms with Gasteiger partial charge in [0, 0.05) is 6.07 Å². The van der Waals surface area contributed by atoms with Crippen LogP contribution in [0.4, 0.5) is 0 Å². The van der Waals surface area contributed by atoms with Gasteiger partial charge in [-0.3, -0.25) is 4.79 Å². The molecule has 4 rings (SSSR count). The van der Waals surface area contributed by atoms with Crippen LogP contribution < -0.4 is 19.6 Å². The summed E-state index contributed by atoms with van der Waals surface area (Å²) in [7, 11) is 1.54. The number of hydrogen-bond acceptors (Lipinski definition) is 8. The highest BCUT2D eigenvalue weighted by Gasteiger charge is 2.14. The van der Waals surface area contributed by atoms with Crippen LogP contribution in [-0.4, -0.2) is 25.7 Å². The number of esters is 2. The van der Waals surface area contributed by atoms with E-state index < -0.39 is 17.4 Å². The largest absolute Gasteiger partial charge is 0.497 e. The highest BCUT2D eigenvalue weighted by Crippen LogP contribution is 2.25. The highest BCUT2D eigenvalue weighted by atomic mass is 16.5. The second-order valence-electron chi connectivity index (χ2n) is 7.47. The number of carbonyl (C=O) groups excluding carboxylic acids is 2. The Bertz CT molecular complexity index is 1400. The number of methoxy groups -OCH3 is 1. The minimum Gasteiger partial charge on any atom is -0.497 e. The molecule has 0 spiro atoms. The Morgan fingerprint density at radius 1 is 0.829 bits per heavy atom. The number of hydrogen-bond donors (Lipinski definition) is 0. The Kier molecular flexibility index (Phi) is 7.11. The van der Waals surface area contributed by atoms with Gasteiger partial charge in [-0.05, 0) is 67.1 Å². The summed E-state index contributed by atoms with van der Waals surface area (Å²) < 4.78 is 26.8. The zero-order valence-electron chi connectivity index (χ0n) is 19.1. The van der Waals surface area contributed by atoms with Gasteiger partial charge in [-0.2, -0.15) is 0 Å². The molecule has 0 radical (unpaired) electrons. The first-order valence-electron chi connectivity index (χ1n) is 10.9. The van der Waals surface area contributed by atoms with Crippen LogP contribution in [0.25, 0.3) is 11.0 Å². The quantitative estimate of drug-likeness (QED) is 0.248. The topological polar surface area (TPSA) is 101 Å². The number of ether oxygens (including phenoxy) is 4. The van der Waals surface area contributed by atoms with E-state index in [-0.39, 0.29) is 22.5 Å². The predicted octanol–water partition coefficient (Wildman–Crippen LogP) is 5.38. The summed E-state index contributed by atoms with van der Waals surface area (Å²) in [6, 6.07) is 17.2. The monoisotopic (exact) mass is 474 g/mol. The van der Waals surface area contributed by atoms with E-state index in [1.165, 1.54) is 31.6 Å². The Hall–Kier alpha value is -4.59. The molecule has 178 valence electrons. The molecule has 0 unspecified atom stereocenters. The van der Waals surface area contributed by atoms with Crippen molar-refractivity contribution in [3.8, 4) is 23.0 Å². The van der Waals surface area contributed by atoms with Crippen molar-refractivity contribution in [2.24, 2.45) is 0 Å². The third-order valence-corrected chi connectivity index (χ3v) is 5.01. The first-order chi connectivity index (χ1) is 17.0. The average Bonchev–Trinajstić information content (AvgIpc) is 2.89. The summed E-state index contributed by atoms with van der Waals surface area (Å²) in [6.45, 7) is 2.26. The second kappa shape index (κ2) is 10.6. The fourth-order valence-corrected chi connectivity index (χ4v) is 3.18. The van der Waals surface area contributed by atoms with Crippen LogP contribution in [0.3, 0.4) is 0 Å². The fourth-order valence-electron chi connectivity index (χ4n) is 3.18. The highest BCUT2D eigenvalue weighted by molar-refractivity contribution is 5.92. The molecule has 1 aromatic heterocycles. The van der Waals surface area contributed by atoms with Crippen molar-refractivity contribution in [2.75, 3.05) is 13.7 Å². The molecule has 0 amide bonds. The number of benzene rings is 3. The fraction of sp³-hybridized carbons (Fsp3) is 0.148. The van der Waals surface area contributed by atoms with E-state index in [0.717, 1.165) is 6.42 Å². The van der Waals surface area contributed by atoms with Gasteiger partial charge in [0.1, 0.15) is 29.1 Å². The van der Waals surface area contributed by atoms with E-state index in [2.05, 4.69) is 0 Å². The van der Waals surface area contributed by atoms with E-state index in [1.807, 2.05) is 6.92 Å². The van der Waals surface area contributed by atoms with Crippen LogP contribution in [-0.2, 0) is 4.74 Å². The van der Waals surface area contributed by atoms with Gasteiger partial charge < -0.3 is 23.4 Å². The lowest BCUT2D eigenvalue weighted by atomic mass is 10.2. The number of carbonyl (C=O) groups is 2. The molecule has 3 aromatic carbocycles. The molecule has 0 bridgehead atoms. The van der Waals surface area contributed by atoms with Crippen LogP contribution in [0.15, 0.2) is 82.2 Å². The average molecular weight is 474 g/mol. The molecule has 0 aliphatic heterocycles. The zero-order chi connectivity index (χ0) is 24.8. The van der Waals surface area contributed by atoms with Crippen molar-refractivity contribution < 1.29 is 33.0 Å². The molecule has 4 aromatic rings. The Morgan fingerprint density at radius 2 is 1.46 bits per heavy atom. The van der Waals surface area contributed by atoms with Gasteiger partial charge in [0.15, 0.2) is 0 Å². The smallest absolute Gasteiger partial charge is 0.343 e. The lowest BCUT2D eigenvalue weighted by Gasteiger charge is -2.08. The van der Waals surface area contributed by atoms with Crippen LogP contribution in [0.5, 0.6) is 23.0 Å². The molecule has 0 atom stereocenters. The Morgan fingerprint density at radius 3 is 2.11 bits per heavy atom. The summed E-state index contributed by atoms with van der Waals surface area (Å²) in [6.07, 6.45) is 1.92. The maximum absolute atomic E-state index is 12.9. The number of rotatable bonds is 8. The van der Waals surface area contributed by atoms with Crippen LogP contribution in [0.2, 0.25) is 0 Å². The summed E-state index contributed by atoms with van der Waals surface area (Å²) >= 11 is 0. The molecular weight excluding hydrogens is 452 g/mol. The van der Waals surface area contributed by atoms with Crippen molar-refractivity contribution >= 4 is 22.9 Å². The molecule has 35 heavy (non-hydrogen) atoms. The van der Waals surface area contributed by atoms with Gasteiger partial charge in [0.25, 0.3) is 0 Å². The SMILES string of the molecule is CCCOC(=O)c1ccc(Oc2coc3cc(OC(=O)c4ccc(OC)cc4)ccc3c2=O)cc1. The first kappa shape index (κ1) is 23.6. The van der Waals surface area contributed by atoms with Gasteiger partial charge in [-0.1, -0.05) is 6.92 Å². The normalized spacial score (nSPS) is 10.6. The molecule has 0 saturated heterocycles. The van der Waals surface area contributed by atoms with E-state index >= 15 is 0 Å². The maximum Gasteiger partial charge on any atom is 0.343 e. The molecule has 8 heteroatoms. The van der Waals surface area contributed by atoms with Crippen molar-refractivity contribution in [2.45, 2.75) is 13.3 Å². The van der Waals surface area contributed by atoms with Gasteiger partial charge in [0.2, 0.25) is 11.2 Å². The second-order valence-corrected chi connectivity index (χ2v) is 7.47. The summed E-state index contributed by atoms with van der Waals surface area (Å²) in [5.41, 5.74) is 0.566. The van der Waals surface area contributed by atoms with Crippen LogP contribution in [0.1, 0.15) is 34.1 Å². The van der Waals surface area contributed by atoms with Gasteiger partial charge in [-0.15, -0.1) is 0 Å². The Labute approximate surface area is 200 Å². The van der Waals surface area contributed by atoms with E-state index in [0.29, 0.717) is 29.2 Å². The van der Waals surface area contributed by atoms with E-state index in [4.69, 9.17) is 23.4 Å². The molecule has 1 heterocycles. The summed E-state index contributed by atoms with van der Waals surface area (Å²) in [4.78, 5) is 37.2. The summed E-state index contributed by atoms with van der Waals surface area (Å²) in [5, 5.41) is 0.256. The molecular formula is C27H22O8. The van der Waals surface area contributed by atoms with Crippen molar-refractivity contribution in [3.63, 3.8) is 0 Å². The minimum atomic E-state index is -0.559. The molecule has 0 fully saturated rings. The maximum atomic E-state index is 12.9. The molecule has 0 aliphatic rings. The van der Waals surface area contributed by atoms with Crippen molar-refractivity contribution in [1.82, 2.24) is 0 Å². The predicted molar refractivity (Wildman–Crippen MR) is 128 cm³/mol. The van der Waals surface area contributed by atoms with Crippen LogP contribution >= 0.6 is 0 Å².